The van der Waals surface area contributed by atoms with E-state index in [9.17, 15) is 19.2 Å². The van der Waals surface area contributed by atoms with E-state index < -0.39 is 23.9 Å². The predicted molar refractivity (Wildman–Crippen MR) is 230 cm³/mol. The summed E-state index contributed by atoms with van der Waals surface area (Å²) in [5, 5.41) is 7.75. The fraction of sp³-hybridized carbons (Fsp3) is 0.283. The summed E-state index contributed by atoms with van der Waals surface area (Å²) < 4.78 is 33.1. The van der Waals surface area contributed by atoms with E-state index in [0.717, 1.165) is 74.1 Å². The van der Waals surface area contributed by atoms with Crippen molar-refractivity contribution < 1.29 is 47.6 Å². The van der Waals surface area contributed by atoms with E-state index >= 15 is 0 Å². The number of rotatable bonds is 25. The molecule has 1 aliphatic heterocycles. The molecule has 4 aromatic carbocycles. The summed E-state index contributed by atoms with van der Waals surface area (Å²) in [6.07, 6.45) is 10.7. The Morgan fingerprint density at radius 3 is 1.70 bits per heavy atom. The molecule has 14 heteroatoms. The zero-order chi connectivity index (χ0) is 42.4. The number of benzene rings is 4. The van der Waals surface area contributed by atoms with Gasteiger partial charge in [0.15, 0.2) is 5.50 Å². The molecule has 0 radical (unpaired) electrons. The van der Waals surface area contributed by atoms with Crippen LogP contribution >= 0.6 is 11.8 Å². The predicted octanol–water partition coefficient (Wildman–Crippen LogP) is 8.89. The van der Waals surface area contributed by atoms with Gasteiger partial charge in [-0.15, -0.1) is 0 Å². The number of carbonyl (C=O) groups excluding carboxylic acids is 4. The fourth-order valence-electron chi connectivity index (χ4n) is 5.66. The summed E-state index contributed by atoms with van der Waals surface area (Å²) >= 11 is 1.57. The molecule has 1 aliphatic rings. The third-order valence-corrected chi connectivity index (χ3v) is 9.89. The minimum absolute atomic E-state index is 0.206. The molecule has 4 aromatic rings. The summed E-state index contributed by atoms with van der Waals surface area (Å²) in [6.45, 7) is 8.51. The number of hydrazone groups is 1. The lowest BCUT2D eigenvalue weighted by molar-refractivity contribution is -0.138. The molecule has 1 atom stereocenters. The molecule has 60 heavy (non-hydrogen) atoms. The number of hydrogen-bond donors (Lipinski definition) is 2. The molecule has 13 nitrogen and oxygen atoms in total. The highest BCUT2D eigenvalue weighted by atomic mass is 32.2. The number of nitrogens with one attached hydrogen (secondary N) is 2. The van der Waals surface area contributed by atoms with Crippen LogP contribution in [-0.4, -0.2) is 62.0 Å². The van der Waals surface area contributed by atoms with Crippen molar-refractivity contribution in [1.82, 2.24) is 5.43 Å². The molecule has 0 aromatic heterocycles. The molecule has 0 fully saturated rings. The van der Waals surface area contributed by atoms with E-state index in [0.29, 0.717) is 54.6 Å². The van der Waals surface area contributed by atoms with Crippen molar-refractivity contribution in [2.24, 2.45) is 5.10 Å². The number of nitrogens with zero attached hydrogens (tertiary/aromatic N) is 1. The smallest absolute Gasteiger partial charge is 0.343 e. The number of fused-ring (bicyclic) bond motifs is 1. The summed E-state index contributed by atoms with van der Waals surface area (Å²) in [4.78, 5) is 49.7. The maximum atomic E-state index is 13.3. The van der Waals surface area contributed by atoms with Gasteiger partial charge < -0.3 is 33.7 Å². The fourth-order valence-corrected chi connectivity index (χ4v) is 6.63. The molecule has 0 amide bonds. The van der Waals surface area contributed by atoms with E-state index in [2.05, 4.69) is 29.0 Å². The van der Waals surface area contributed by atoms with Crippen LogP contribution in [0.2, 0.25) is 0 Å². The highest BCUT2D eigenvalue weighted by molar-refractivity contribution is 8.00. The molecule has 5 rings (SSSR count). The van der Waals surface area contributed by atoms with Crippen molar-refractivity contribution in [3.05, 3.63) is 133 Å². The zero-order valence-electron chi connectivity index (χ0n) is 33.3. The lowest BCUT2D eigenvalue weighted by Gasteiger charge is -2.12. The third kappa shape index (κ3) is 15.0. The van der Waals surface area contributed by atoms with Gasteiger partial charge in [-0.25, -0.2) is 19.2 Å². The average molecular weight is 836 g/mol. The normalized spacial score (nSPS) is 12.7. The van der Waals surface area contributed by atoms with Crippen LogP contribution in [0.1, 0.15) is 77.6 Å². The van der Waals surface area contributed by atoms with Crippen molar-refractivity contribution in [2.75, 3.05) is 31.7 Å². The molecule has 0 bridgehead atoms. The molecule has 1 unspecified atom stereocenters. The highest BCUT2D eigenvalue weighted by Crippen LogP contribution is 2.36. The van der Waals surface area contributed by atoms with Gasteiger partial charge in [0.25, 0.3) is 0 Å². The molecule has 0 aliphatic carbocycles. The molecule has 0 spiro atoms. The second-order valence-corrected chi connectivity index (χ2v) is 14.5. The van der Waals surface area contributed by atoms with Crippen LogP contribution in [0.15, 0.2) is 126 Å². The van der Waals surface area contributed by atoms with Gasteiger partial charge in [0.2, 0.25) is 0 Å². The molecule has 314 valence electrons. The summed E-state index contributed by atoms with van der Waals surface area (Å²) in [7, 11) is 0. The molecular weight excluding hydrogens is 787 g/mol. The summed E-state index contributed by atoms with van der Waals surface area (Å²) in [5.74, 6) is -0.335. The number of carbonyl (C=O) groups is 4. The van der Waals surface area contributed by atoms with Crippen molar-refractivity contribution in [2.45, 2.75) is 61.8 Å². The van der Waals surface area contributed by atoms with Gasteiger partial charge >= 0.3 is 23.9 Å². The van der Waals surface area contributed by atoms with E-state index in [1.807, 2.05) is 24.3 Å². The zero-order valence-corrected chi connectivity index (χ0v) is 34.1. The van der Waals surface area contributed by atoms with Crippen LogP contribution in [0, 0.1) is 0 Å². The van der Waals surface area contributed by atoms with Gasteiger partial charge in [-0.1, -0.05) is 37.1 Å². The number of hydrogen-bond acceptors (Lipinski definition) is 14. The number of para-hydroxylation sites is 1. The van der Waals surface area contributed by atoms with Gasteiger partial charge in [-0.3, -0.25) is 5.43 Å². The second-order valence-electron chi connectivity index (χ2n) is 13.3. The SMILES string of the molecule is C=CC(=O)OCCCCCCOc1ccc(C(=O)Oc2ccc(OC(=O)c3ccc(OCCCCCCOC(=O)C=C)cc3)c(/C=N/NC3Nc4ccccc4S3)c2)cc1. The Kier molecular flexibility index (Phi) is 18.1. The van der Waals surface area contributed by atoms with Crippen LogP contribution in [0.4, 0.5) is 5.69 Å². The van der Waals surface area contributed by atoms with Gasteiger partial charge in [0.1, 0.15) is 23.0 Å². The number of anilines is 1. The average Bonchev–Trinajstić information content (AvgIpc) is 3.69. The Morgan fingerprint density at radius 1 is 0.633 bits per heavy atom. The number of ether oxygens (including phenoxy) is 6. The largest absolute Gasteiger partial charge is 0.494 e. The van der Waals surface area contributed by atoms with Crippen LogP contribution < -0.4 is 29.7 Å². The Labute approximate surface area is 354 Å². The minimum Gasteiger partial charge on any atom is -0.494 e. The highest BCUT2D eigenvalue weighted by Gasteiger charge is 2.20. The third-order valence-electron chi connectivity index (χ3n) is 8.83. The maximum absolute atomic E-state index is 13.3. The van der Waals surface area contributed by atoms with E-state index in [-0.39, 0.29) is 17.0 Å². The number of esters is 4. The van der Waals surface area contributed by atoms with E-state index in [4.69, 9.17) is 28.4 Å². The molecular formula is C46H49N3O10S. The van der Waals surface area contributed by atoms with Gasteiger partial charge in [-0.05, 0) is 130 Å². The van der Waals surface area contributed by atoms with Crippen LogP contribution in [0.25, 0.3) is 0 Å². The molecule has 0 saturated carbocycles. The van der Waals surface area contributed by atoms with E-state index in [1.54, 1.807) is 78.5 Å². The first-order valence-corrected chi connectivity index (χ1v) is 20.6. The first kappa shape index (κ1) is 44.6. The Hall–Kier alpha value is -6.54. The van der Waals surface area contributed by atoms with Crippen molar-refractivity contribution in [3.63, 3.8) is 0 Å². The Balaban J connectivity index is 1.14. The summed E-state index contributed by atoms with van der Waals surface area (Å²) in [6, 6.07) is 25.9. The van der Waals surface area contributed by atoms with Gasteiger partial charge in [-0.2, -0.15) is 5.10 Å². The van der Waals surface area contributed by atoms with E-state index in [1.165, 1.54) is 6.21 Å². The monoisotopic (exact) mass is 835 g/mol. The molecule has 2 N–H and O–H groups in total. The maximum Gasteiger partial charge on any atom is 0.343 e. The number of unbranched alkanes of at least 4 members (excludes halogenated alkanes) is 6. The quantitative estimate of drug-likeness (QED) is 0.0163. The summed E-state index contributed by atoms with van der Waals surface area (Å²) in [5.41, 5.74) is 4.86. The Morgan fingerprint density at radius 2 is 1.15 bits per heavy atom. The van der Waals surface area contributed by atoms with Crippen molar-refractivity contribution >= 4 is 47.5 Å². The van der Waals surface area contributed by atoms with Crippen LogP contribution in [0.3, 0.4) is 0 Å². The van der Waals surface area contributed by atoms with Crippen molar-refractivity contribution in [1.29, 1.82) is 0 Å². The first-order valence-electron chi connectivity index (χ1n) is 19.7. The van der Waals surface area contributed by atoms with Crippen LogP contribution in [-0.2, 0) is 19.1 Å². The second kappa shape index (κ2) is 24.4. The topological polar surface area (TPSA) is 160 Å². The lowest BCUT2D eigenvalue weighted by atomic mass is 10.2. The Bertz CT molecular complexity index is 2060. The molecule has 1 heterocycles. The van der Waals surface area contributed by atoms with Crippen molar-refractivity contribution in [3.8, 4) is 23.0 Å². The standard InChI is InChI=1S/C46H49N3O10S/c1-3-42(50)56-29-13-7-5-11-27-54-36-21-17-33(18-22-36)44(52)58-38-25-26-40(35(31-38)32-47-49-46-48-39-15-9-10-16-41(39)60-46)59-45(53)34-19-23-37(24-20-34)55-28-12-6-8-14-30-57-43(51)4-2/h3-4,9-10,15-26,31-32,46,48-49H,1-2,5-8,11-14,27-30H2/b47-32+. The van der Waals surface area contributed by atoms with Crippen LogP contribution in [0.5, 0.6) is 23.0 Å². The minimum atomic E-state index is -0.594. The first-order chi connectivity index (χ1) is 29.3. The molecule has 0 saturated heterocycles. The van der Waals surface area contributed by atoms with Gasteiger partial charge in [0.05, 0.1) is 49.5 Å². The number of thioether (sulfide) groups is 1. The lowest BCUT2D eigenvalue weighted by Crippen LogP contribution is -2.25. The van der Waals surface area contributed by atoms with Gasteiger partial charge in [0, 0.05) is 22.6 Å².